The summed E-state index contributed by atoms with van der Waals surface area (Å²) in [6.45, 7) is 4.41. The van der Waals surface area contributed by atoms with E-state index < -0.39 is 5.97 Å². The molecule has 0 atom stereocenters. The zero-order valence-corrected chi connectivity index (χ0v) is 11.7. The lowest BCUT2D eigenvalue weighted by Gasteiger charge is -2.23. The summed E-state index contributed by atoms with van der Waals surface area (Å²) in [7, 11) is 3.13. The largest absolute Gasteiger partial charge is 0.493 e. The van der Waals surface area contributed by atoms with Crippen molar-refractivity contribution in [2.45, 2.75) is 25.9 Å². The van der Waals surface area contributed by atoms with Gasteiger partial charge in [0.15, 0.2) is 11.5 Å². The summed E-state index contributed by atoms with van der Waals surface area (Å²) in [6.07, 6.45) is 0.716. The Morgan fingerprint density at radius 3 is 2.47 bits per heavy atom. The van der Waals surface area contributed by atoms with Crippen molar-refractivity contribution in [3.8, 4) is 11.5 Å². The van der Waals surface area contributed by atoms with Crippen LogP contribution in [0.2, 0.25) is 0 Å². The first-order chi connectivity index (χ1) is 8.89. The Bertz CT molecular complexity index is 439. The van der Waals surface area contributed by atoms with Gasteiger partial charge in [0, 0.05) is 13.5 Å². The third-order valence-corrected chi connectivity index (χ3v) is 2.92. The molecule has 1 rings (SSSR count). The summed E-state index contributed by atoms with van der Waals surface area (Å²) in [5, 5.41) is 8.90. The van der Waals surface area contributed by atoms with E-state index in [1.807, 2.05) is 13.8 Å². The molecule has 0 saturated heterocycles. The molecule has 0 aliphatic heterocycles. The van der Waals surface area contributed by atoms with Gasteiger partial charge in [0.2, 0.25) is 0 Å². The van der Waals surface area contributed by atoms with Crippen LogP contribution in [0.5, 0.6) is 11.5 Å². The van der Waals surface area contributed by atoms with E-state index >= 15 is 0 Å². The lowest BCUT2D eigenvalue weighted by atomic mass is 10.1. The van der Waals surface area contributed by atoms with Crippen LogP contribution in [0.4, 0.5) is 0 Å². The van der Waals surface area contributed by atoms with Gasteiger partial charge < -0.3 is 19.3 Å². The summed E-state index contributed by atoms with van der Waals surface area (Å²) in [6, 6.07) is 4.53. The van der Waals surface area contributed by atoms with Crippen LogP contribution in [0.1, 0.15) is 30.6 Å². The number of carboxylic acid groups (broad SMARTS) is 1. The Kier molecular flexibility index (Phi) is 5.18. The van der Waals surface area contributed by atoms with Gasteiger partial charge in [-0.3, -0.25) is 0 Å². The summed E-state index contributed by atoms with van der Waals surface area (Å²) in [5.74, 6) is -0.0557. The monoisotopic (exact) mass is 268 g/mol. The molecule has 0 unspecified atom stereocenters. The van der Waals surface area contributed by atoms with Gasteiger partial charge in [-0.25, -0.2) is 4.79 Å². The molecule has 0 fully saturated rings. The fourth-order valence-electron chi connectivity index (χ4n) is 1.43. The van der Waals surface area contributed by atoms with Crippen molar-refractivity contribution in [1.82, 2.24) is 0 Å². The lowest BCUT2D eigenvalue weighted by molar-refractivity contribution is 0.00525. The Morgan fingerprint density at radius 1 is 1.26 bits per heavy atom. The van der Waals surface area contributed by atoms with Crippen LogP contribution >= 0.6 is 0 Å². The number of ether oxygens (including phenoxy) is 3. The van der Waals surface area contributed by atoms with E-state index in [2.05, 4.69) is 0 Å². The molecule has 0 spiro atoms. The van der Waals surface area contributed by atoms with Gasteiger partial charge in [-0.1, -0.05) is 0 Å². The number of hydrogen-bond acceptors (Lipinski definition) is 4. The second kappa shape index (κ2) is 6.43. The summed E-state index contributed by atoms with van der Waals surface area (Å²) >= 11 is 0. The van der Waals surface area contributed by atoms with Crippen molar-refractivity contribution in [2.75, 3.05) is 20.8 Å². The number of hydrogen-bond donors (Lipinski definition) is 1. The second-order valence-corrected chi connectivity index (χ2v) is 4.73. The predicted molar refractivity (Wildman–Crippen MR) is 71.2 cm³/mol. The minimum Gasteiger partial charge on any atom is -0.493 e. The molecule has 0 aliphatic carbocycles. The lowest BCUT2D eigenvalue weighted by Crippen LogP contribution is -2.25. The molecule has 106 valence electrons. The first-order valence-corrected chi connectivity index (χ1v) is 5.99. The van der Waals surface area contributed by atoms with Crippen molar-refractivity contribution in [3.63, 3.8) is 0 Å². The van der Waals surface area contributed by atoms with Crippen molar-refractivity contribution in [1.29, 1.82) is 0 Å². The Balaban J connectivity index is 2.71. The highest BCUT2D eigenvalue weighted by molar-refractivity contribution is 5.88. The molecule has 5 nitrogen and oxygen atoms in total. The molecule has 0 bridgehead atoms. The molecular formula is C14H20O5. The molecule has 0 heterocycles. The highest BCUT2D eigenvalue weighted by Gasteiger charge is 2.17. The first kappa shape index (κ1) is 15.3. The van der Waals surface area contributed by atoms with Crippen LogP contribution in [-0.4, -0.2) is 37.5 Å². The zero-order chi connectivity index (χ0) is 14.5. The quantitative estimate of drug-likeness (QED) is 0.823. The first-order valence-electron chi connectivity index (χ1n) is 5.99. The molecule has 1 N–H and O–H groups in total. The summed E-state index contributed by atoms with van der Waals surface area (Å²) in [5.41, 5.74) is -0.0877. The smallest absolute Gasteiger partial charge is 0.335 e. The molecule has 0 aromatic heterocycles. The number of benzene rings is 1. The Labute approximate surface area is 113 Å². The molecule has 0 radical (unpaired) electrons. The third-order valence-electron chi connectivity index (χ3n) is 2.92. The SMILES string of the molecule is COc1cc(C(=O)O)ccc1OCCC(C)(C)OC. The maximum Gasteiger partial charge on any atom is 0.335 e. The van der Waals surface area contributed by atoms with Crippen molar-refractivity contribution in [3.05, 3.63) is 23.8 Å². The number of carbonyl (C=O) groups is 1. The highest BCUT2D eigenvalue weighted by Crippen LogP contribution is 2.28. The van der Waals surface area contributed by atoms with E-state index in [0.29, 0.717) is 24.5 Å². The van der Waals surface area contributed by atoms with Gasteiger partial charge in [-0.15, -0.1) is 0 Å². The average molecular weight is 268 g/mol. The van der Waals surface area contributed by atoms with Gasteiger partial charge in [0.05, 0.1) is 24.9 Å². The molecule has 0 amide bonds. The van der Waals surface area contributed by atoms with Crippen LogP contribution in [0.3, 0.4) is 0 Å². The van der Waals surface area contributed by atoms with Crippen LogP contribution < -0.4 is 9.47 Å². The molecule has 5 heteroatoms. The standard InChI is InChI=1S/C14H20O5/c1-14(2,18-4)7-8-19-11-6-5-10(13(15)16)9-12(11)17-3/h5-6,9H,7-8H2,1-4H3,(H,15,16). The second-order valence-electron chi connectivity index (χ2n) is 4.73. The minimum atomic E-state index is -0.995. The zero-order valence-electron chi connectivity index (χ0n) is 11.7. The highest BCUT2D eigenvalue weighted by atomic mass is 16.5. The van der Waals surface area contributed by atoms with Crippen LogP contribution in [0, 0.1) is 0 Å². The van der Waals surface area contributed by atoms with E-state index in [4.69, 9.17) is 19.3 Å². The third kappa shape index (κ3) is 4.44. The number of methoxy groups -OCH3 is 2. The van der Waals surface area contributed by atoms with E-state index in [1.165, 1.54) is 19.2 Å². The van der Waals surface area contributed by atoms with Crippen molar-refractivity contribution < 1.29 is 24.1 Å². The molecule has 0 aliphatic rings. The maximum atomic E-state index is 10.9. The summed E-state index contributed by atoms with van der Waals surface area (Å²) < 4.78 is 16.0. The van der Waals surface area contributed by atoms with Gasteiger partial charge >= 0.3 is 5.97 Å². The topological polar surface area (TPSA) is 65.0 Å². The fraction of sp³-hybridized carbons (Fsp3) is 0.500. The van der Waals surface area contributed by atoms with Crippen LogP contribution in [0.25, 0.3) is 0 Å². The van der Waals surface area contributed by atoms with Crippen molar-refractivity contribution >= 4 is 5.97 Å². The molecule has 1 aromatic rings. The van der Waals surface area contributed by atoms with Gasteiger partial charge in [-0.05, 0) is 32.0 Å². The van der Waals surface area contributed by atoms with E-state index in [0.717, 1.165) is 0 Å². The van der Waals surface area contributed by atoms with Gasteiger partial charge in [0.25, 0.3) is 0 Å². The minimum absolute atomic E-state index is 0.168. The molecule has 0 saturated carbocycles. The van der Waals surface area contributed by atoms with Gasteiger partial charge in [0.1, 0.15) is 0 Å². The molecule has 19 heavy (non-hydrogen) atoms. The van der Waals surface area contributed by atoms with Gasteiger partial charge in [-0.2, -0.15) is 0 Å². The number of rotatable bonds is 7. The fourth-order valence-corrected chi connectivity index (χ4v) is 1.43. The van der Waals surface area contributed by atoms with E-state index in [-0.39, 0.29) is 11.2 Å². The Morgan fingerprint density at radius 2 is 1.95 bits per heavy atom. The predicted octanol–water partition coefficient (Wildman–Crippen LogP) is 2.59. The van der Waals surface area contributed by atoms with E-state index in [1.54, 1.807) is 13.2 Å². The molecule has 1 aromatic carbocycles. The van der Waals surface area contributed by atoms with Crippen LogP contribution in [-0.2, 0) is 4.74 Å². The normalized spacial score (nSPS) is 11.2. The summed E-state index contributed by atoms with van der Waals surface area (Å²) in [4.78, 5) is 10.9. The van der Waals surface area contributed by atoms with E-state index in [9.17, 15) is 4.79 Å². The number of carboxylic acids is 1. The Hall–Kier alpha value is -1.75. The number of aromatic carboxylic acids is 1. The maximum absolute atomic E-state index is 10.9. The molecular weight excluding hydrogens is 248 g/mol. The average Bonchev–Trinajstić information content (AvgIpc) is 2.38. The van der Waals surface area contributed by atoms with Crippen molar-refractivity contribution in [2.24, 2.45) is 0 Å². The van der Waals surface area contributed by atoms with Crippen LogP contribution in [0.15, 0.2) is 18.2 Å².